The van der Waals surface area contributed by atoms with E-state index < -0.39 is 0 Å². The predicted octanol–water partition coefficient (Wildman–Crippen LogP) is 2.60. The average Bonchev–Trinajstić information content (AvgIpc) is 2.86. The monoisotopic (exact) mass is 235 g/mol. The molecular formula is C13H21N3O. The lowest BCUT2D eigenvalue weighted by molar-refractivity contribution is 0.0749. The maximum Gasteiger partial charge on any atom is 0.188 e. The molecule has 0 aliphatic heterocycles. The Morgan fingerprint density at radius 3 is 2.59 bits per heavy atom. The number of hydrogen-bond acceptors (Lipinski definition) is 3. The summed E-state index contributed by atoms with van der Waals surface area (Å²) in [6.45, 7) is 4.38. The van der Waals surface area contributed by atoms with E-state index in [9.17, 15) is 4.79 Å². The SMILES string of the molecule is CC(C)CC1(C(=O)c2cnnn2C)CCCC1. The molecule has 4 heteroatoms. The van der Waals surface area contributed by atoms with Gasteiger partial charge >= 0.3 is 0 Å². The molecule has 1 aromatic rings. The molecule has 0 radical (unpaired) electrons. The Hall–Kier alpha value is -1.19. The number of aromatic nitrogens is 3. The summed E-state index contributed by atoms with van der Waals surface area (Å²) < 4.78 is 1.60. The highest BCUT2D eigenvalue weighted by Crippen LogP contribution is 2.45. The Balaban J connectivity index is 2.28. The molecule has 17 heavy (non-hydrogen) atoms. The van der Waals surface area contributed by atoms with Crippen molar-refractivity contribution in [1.29, 1.82) is 0 Å². The van der Waals surface area contributed by atoms with Crippen molar-refractivity contribution in [3.63, 3.8) is 0 Å². The molecule has 1 saturated carbocycles. The summed E-state index contributed by atoms with van der Waals surface area (Å²) in [7, 11) is 1.79. The molecule has 1 aliphatic carbocycles. The van der Waals surface area contributed by atoms with E-state index in [1.807, 2.05) is 0 Å². The normalized spacial score (nSPS) is 18.8. The first-order valence-electron chi connectivity index (χ1n) is 6.45. The molecule has 4 nitrogen and oxygen atoms in total. The number of hydrogen-bond donors (Lipinski definition) is 0. The van der Waals surface area contributed by atoms with Gasteiger partial charge in [-0.1, -0.05) is 31.9 Å². The Kier molecular flexibility index (Phi) is 3.31. The first-order chi connectivity index (χ1) is 8.05. The van der Waals surface area contributed by atoms with Gasteiger partial charge in [-0.2, -0.15) is 0 Å². The Bertz CT molecular complexity index is 403. The molecule has 0 bridgehead atoms. The Labute approximate surface area is 102 Å². The maximum atomic E-state index is 12.7. The van der Waals surface area contributed by atoms with Gasteiger partial charge < -0.3 is 0 Å². The van der Waals surface area contributed by atoms with Crippen molar-refractivity contribution in [3.05, 3.63) is 11.9 Å². The first-order valence-corrected chi connectivity index (χ1v) is 6.45. The van der Waals surface area contributed by atoms with E-state index in [0.717, 1.165) is 19.3 Å². The van der Waals surface area contributed by atoms with Crippen LogP contribution in [-0.2, 0) is 7.05 Å². The van der Waals surface area contributed by atoms with Crippen LogP contribution in [0.25, 0.3) is 0 Å². The van der Waals surface area contributed by atoms with Crippen molar-refractivity contribution in [2.75, 3.05) is 0 Å². The smallest absolute Gasteiger partial charge is 0.188 e. The average molecular weight is 235 g/mol. The second-order valence-corrected chi connectivity index (χ2v) is 5.66. The van der Waals surface area contributed by atoms with Crippen molar-refractivity contribution >= 4 is 5.78 Å². The minimum absolute atomic E-state index is 0.149. The number of nitrogens with zero attached hydrogens (tertiary/aromatic N) is 3. The van der Waals surface area contributed by atoms with Gasteiger partial charge in [0, 0.05) is 12.5 Å². The van der Waals surface area contributed by atoms with Crippen molar-refractivity contribution in [3.8, 4) is 0 Å². The van der Waals surface area contributed by atoms with Crippen LogP contribution in [0.5, 0.6) is 0 Å². The van der Waals surface area contributed by atoms with E-state index in [4.69, 9.17) is 0 Å². The van der Waals surface area contributed by atoms with Gasteiger partial charge in [-0.3, -0.25) is 4.79 Å². The van der Waals surface area contributed by atoms with Gasteiger partial charge in [-0.15, -0.1) is 5.10 Å². The highest BCUT2D eigenvalue weighted by molar-refractivity contribution is 5.99. The second kappa shape index (κ2) is 4.59. The van der Waals surface area contributed by atoms with Gasteiger partial charge in [-0.05, 0) is 25.2 Å². The molecule has 0 N–H and O–H groups in total. The molecular weight excluding hydrogens is 214 g/mol. The molecule has 94 valence electrons. The molecule has 1 fully saturated rings. The zero-order valence-electron chi connectivity index (χ0n) is 10.9. The van der Waals surface area contributed by atoms with E-state index in [0.29, 0.717) is 11.6 Å². The molecule has 0 amide bonds. The van der Waals surface area contributed by atoms with Crippen molar-refractivity contribution < 1.29 is 4.79 Å². The fraction of sp³-hybridized carbons (Fsp3) is 0.769. The maximum absolute atomic E-state index is 12.7. The molecule has 2 rings (SSSR count). The van der Waals surface area contributed by atoms with Crippen LogP contribution in [-0.4, -0.2) is 20.8 Å². The van der Waals surface area contributed by atoms with E-state index in [2.05, 4.69) is 24.2 Å². The quantitative estimate of drug-likeness (QED) is 0.754. The summed E-state index contributed by atoms with van der Waals surface area (Å²) in [5.41, 5.74) is 0.511. The highest BCUT2D eigenvalue weighted by atomic mass is 16.1. The van der Waals surface area contributed by atoms with Crippen molar-refractivity contribution in [2.24, 2.45) is 18.4 Å². The molecule has 0 atom stereocenters. The summed E-state index contributed by atoms with van der Waals surface area (Å²) in [5, 5.41) is 7.68. The molecule has 0 aromatic carbocycles. The number of ketones is 1. The highest BCUT2D eigenvalue weighted by Gasteiger charge is 2.42. The lowest BCUT2D eigenvalue weighted by Crippen LogP contribution is -2.31. The molecule has 0 spiro atoms. The Morgan fingerprint density at radius 2 is 2.12 bits per heavy atom. The van der Waals surface area contributed by atoms with Gasteiger partial charge in [0.05, 0.1) is 6.20 Å². The third-order valence-electron chi connectivity index (χ3n) is 3.79. The summed E-state index contributed by atoms with van der Waals surface area (Å²) >= 11 is 0. The van der Waals surface area contributed by atoms with E-state index in [-0.39, 0.29) is 11.2 Å². The summed E-state index contributed by atoms with van der Waals surface area (Å²) in [5.74, 6) is 0.800. The third kappa shape index (κ3) is 2.26. The van der Waals surface area contributed by atoms with Gasteiger partial charge in [-0.25, -0.2) is 4.68 Å². The van der Waals surface area contributed by atoms with E-state index in [1.165, 1.54) is 12.8 Å². The first kappa shape index (κ1) is 12.3. The summed E-state index contributed by atoms with van der Waals surface area (Å²) in [6, 6.07) is 0. The van der Waals surface area contributed by atoms with Gasteiger partial charge in [0.2, 0.25) is 0 Å². The van der Waals surface area contributed by atoms with Crippen LogP contribution in [0, 0.1) is 11.3 Å². The van der Waals surface area contributed by atoms with Crippen LogP contribution < -0.4 is 0 Å². The lowest BCUT2D eigenvalue weighted by Gasteiger charge is -2.28. The van der Waals surface area contributed by atoms with Crippen molar-refractivity contribution in [2.45, 2.75) is 46.0 Å². The summed E-state index contributed by atoms with van der Waals surface area (Å²) in [4.78, 5) is 12.7. The predicted molar refractivity (Wildman–Crippen MR) is 65.7 cm³/mol. The van der Waals surface area contributed by atoms with Crippen LogP contribution in [0.4, 0.5) is 0 Å². The molecule has 1 heterocycles. The standard InChI is InChI=1S/C13H21N3O/c1-10(2)8-13(6-4-5-7-13)12(17)11-9-14-15-16(11)3/h9-10H,4-8H2,1-3H3. The van der Waals surface area contributed by atoms with Gasteiger partial charge in [0.15, 0.2) is 5.78 Å². The van der Waals surface area contributed by atoms with Crippen LogP contribution in [0.2, 0.25) is 0 Å². The molecule has 1 aromatic heterocycles. The third-order valence-corrected chi connectivity index (χ3v) is 3.79. The second-order valence-electron chi connectivity index (χ2n) is 5.66. The van der Waals surface area contributed by atoms with Crippen molar-refractivity contribution in [1.82, 2.24) is 15.0 Å². The number of carbonyl (C=O) groups is 1. The van der Waals surface area contributed by atoms with E-state index in [1.54, 1.807) is 17.9 Å². The fourth-order valence-corrected chi connectivity index (χ4v) is 3.12. The van der Waals surface area contributed by atoms with Gasteiger partial charge in [0.1, 0.15) is 5.69 Å². The van der Waals surface area contributed by atoms with Crippen LogP contribution in [0.1, 0.15) is 56.4 Å². The number of Topliss-reactive ketones (excluding diaryl/α,β-unsaturated/α-hetero) is 1. The van der Waals surface area contributed by atoms with E-state index >= 15 is 0 Å². The minimum atomic E-state index is -0.149. The van der Waals surface area contributed by atoms with Crippen LogP contribution in [0.3, 0.4) is 0 Å². The minimum Gasteiger partial charge on any atom is -0.292 e. The van der Waals surface area contributed by atoms with Crippen LogP contribution >= 0.6 is 0 Å². The lowest BCUT2D eigenvalue weighted by atomic mass is 9.74. The number of aryl methyl sites for hydroxylation is 1. The summed E-state index contributed by atoms with van der Waals surface area (Å²) in [6.07, 6.45) is 6.97. The number of rotatable bonds is 4. The van der Waals surface area contributed by atoms with Gasteiger partial charge in [0.25, 0.3) is 0 Å². The zero-order chi connectivity index (χ0) is 12.5. The topological polar surface area (TPSA) is 47.8 Å². The zero-order valence-corrected chi connectivity index (χ0v) is 10.9. The molecule has 1 aliphatic rings. The number of carbonyl (C=O) groups excluding carboxylic acids is 1. The largest absolute Gasteiger partial charge is 0.292 e. The molecule has 0 unspecified atom stereocenters. The molecule has 0 saturated heterocycles. The fourth-order valence-electron chi connectivity index (χ4n) is 3.12. The van der Waals surface area contributed by atoms with Crippen LogP contribution in [0.15, 0.2) is 6.20 Å². The Morgan fingerprint density at radius 1 is 1.47 bits per heavy atom.